The van der Waals surface area contributed by atoms with E-state index >= 15 is 0 Å². The van der Waals surface area contributed by atoms with Gasteiger partial charge in [0.25, 0.3) is 5.82 Å². The molecule has 0 saturated heterocycles. The molecular weight excluding hydrogens is 411 g/mol. The van der Waals surface area contributed by atoms with Gasteiger partial charge in [-0.25, -0.2) is 4.68 Å². The lowest BCUT2D eigenvalue weighted by molar-refractivity contribution is -0.146. The quantitative estimate of drug-likeness (QED) is 0.590. The zero-order valence-electron chi connectivity index (χ0n) is 12.4. The maximum Gasteiger partial charge on any atom is 0.453 e. The third-order valence-electron chi connectivity index (χ3n) is 3.03. The molecule has 1 aromatic heterocycles. The number of alkyl halides is 3. The van der Waals surface area contributed by atoms with Crippen LogP contribution < -0.4 is 5.84 Å². The van der Waals surface area contributed by atoms with E-state index in [1.165, 1.54) is 4.90 Å². The number of halogens is 4. The molecule has 24 heavy (non-hydrogen) atoms. The summed E-state index contributed by atoms with van der Waals surface area (Å²) in [5.41, 5.74) is 0.916. The van der Waals surface area contributed by atoms with Gasteiger partial charge >= 0.3 is 6.18 Å². The van der Waals surface area contributed by atoms with Gasteiger partial charge in [-0.2, -0.15) is 13.2 Å². The number of benzene rings is 1. The highest BCUT2D eigenvalue weighted by atomic mass is 79.9. The Morgan fingerprint density at radius 2 is 2.04 bits per heavy atom. The van der Waals surface area contributed by atoms with Crippen LogP contribution in [0.3, 0.4) is 0 Å². The number of carbonyl (C=O) groups is 1. The van der Waals surface area contributed by atoms with Gasteiger partial charge in [-0.15, -0.1) is 10.2 Å². The summed E-state index contributed by atoms with van der Waals surface area (Å²) in [5, 5.41) is 6.19. The minimum Gasteiger partial charge on any atom is -0.341 e. The number of nitrogen functional groups attached to an aromatic ring is 1. The molecule has 0 unspecified atom stereocenters. The number of hydrogen-bond donors (Lipinski definition) is 1. The van der Waals surface area contributed by atoms with Gasteiger partial charge in [0.05, 0.1) is 5.75 Å². The molecule has 0 radical (unpaired) electrons. The van der Waals surface area contributed by atoms with E-state index in [-0.39, 0.29) is 16.8 Å². The Balaban J connectivity index is 1.96. The Labute approximate surface area is 148 Å². The lowest BCUT2D eigenvalue weighted by atomic mass is 10.2. The molecule has 0 atom stereocenters. The van der Waals surface area contributed by atoms with Gasteiger partial charge in [-0.05, 0) is 11.6 Å². The maximum atomic E-state index is 12.6. The molecule has 130 valence electrons. The minimum atomic E-state index is -4.69. The molecule has 1 amide bonds. The fourth-order valence-corrected chi connectivity index (χ4v) is 2.98. The molecule has 0 aliphatic rings. The highest BCUT2D eigenvalue weighted by Gasteiger charge is 2.38. The molecule has 0 spiro atoms. The predicted molar refractivity (Wildman–Crippen MR) is 86.5 cm³/mol. The van der Waals surface area contributed by atoms with Crippen molar-refractivity contribution >= 4 is 33.6 Å². The number of carbonyl (C=O) groups excluding carboxylic acids is 1. The highest BCUT2D eigenvalue weighted by molar-refractivity contribution is 9.10. The second kappa shape index (κ2) is 7.43. The largest absolute Gasteiger partial charge is 0.453 e. The fourth-order valence-electron chi connectivity index (χ4n) is 1.78. The maximum absolute atomic E-state index is 12.6. The van der Waals surface area contributed by atoms with Crippen molar-refractivity contribution in [2.45, 2.75) is 17.9 Å². The number of rotatable bonds is 5. The zero-order valence-corrected chi connectivity index (χ0v) is 14.8. The topological polar surface area (TPSA) is 77.0 Å². The van der Waals surface area contributed by atoms with Crippen LogP contribution in [-0.4, -0.2) is 38.5 Å². The summed E-state index contributed by atoms with van der Waals surface area (Å²) in [6, 6.07) is 7.44. The van der Waals surface area contributed by atoms with Crippen molar-refractivity contribution < 1.29 is 18.0 Å². The first kappa shape index (κ1) is 18.6. The number of amides is 1. The van der Waals surface area contributed by atoms with Crippen LogP contribution in [0.4, 0.5) is 13.2 Å². The van der Waals surface area contributed by atoms with Gasteiger partial charge < -0.3 is 10.7 Å². The van der Waals surface area contributed by atoms with E-state index in [2.05, 4.69) is 26.1 Å². The molecule has 11 heteroatoms. The second-order valence-electron chi connectivity index (χ2n) is 4.80. The molecular formula is C13H13BrF3N5OS. The van der Waals surface area contributed by atoms with Crippen LogP contribution in [0.2, 0.25) is 0 Å². The van der Waals surface area contributed by atoms with Gasteiger partial charge in [0.1, 0.15) is 0 Å². The molecule has 0 aliphatic carbocycles. The summed E-state index contributed by atoms with van der Waals surface area (Å²) in [4.78, 5) is 13.6. The van der Waals surface area contributed by atoms with Crippen molar-refractivity contribution in [3.05, 3.63) is 40.1 Å². The van der Waals surface area contributed by atoms with Crippen LogP contribution in [-0.2, 0) is 17.5 Å². The first-order valence-corrected chi connectivity index (χ1v) is 8.36. The molecule has 0 aliphatic heterocycles. The summed E-state index contributed by atoms with van der Waals surface area (Å²) in [7, 11) is 1.61. The van der Waals surface area contributed by atoms with E-state index in [1.807, 2.05) is 24.3 Å². The van der Waals surface area contributed by atoms with Crippen molar-refractivity contribution in [3.63, 3.8) is 0 Å². The number of nitrogens with zero attached hydrogens (tertiary/aromatic N) is 4. The van der Waals surface area contributed by atoms with Crippen LogP contribution in [0.5, 0.6) is 0 Å². The summed E-state index contributed by atoms with van der Waals surface area (Å²) < 4.78 is 38.9. The van der Waals surface area contributed by atoms with Crippen LogP contribution in [0.1, 0.15) is 11.4 Å². The Morgan fingerprint density at radius 3 is 2.62 bits per heavy atom. The molecule has 0 fully saturated rings. The monoisotopic (exact) mass is 423 g/mol. The molecule has 0 bridgehead atoms. The third kappa shape index (κ3) is 4.41. The van der Waals surface area contributed by atoms with Gasteiger partial charge in [-0.3, -0.25) is 4.79 Å². The molecule has 2 aromatic rings. The van der Waals surface area contributed by atoms with E-state index in [0.29, 0.717) is 11.2 Å². The van der Waals surface area contributed by atoms with Crippen LogP contribution in [0.15, 0.2) is 33.9 Å². The second-order valence-corrected chi connectivity index (χ2v) is 6.60. The zero-order chi connectivity index (χ0) is 17.9. The lowest BCUT2D eigenvalue weighted by Crippen LogP contribution is -2.28. The number of nitrogens with two attached hydrogens (primary N) is 1. The van der Waals surface area contributed by atoms with E-state index in [4.69, 9.17) is 5.84 Å². The highest BCUT2D eigenvalue weighted by Crippen LogP contribution is 2.29. The van der Waals surface area contributed by atoms with Crippen LogP contribution >= 0.6 is 27.7 Å². The van der Waals surface area contributed by atoms with Crippen LogP contribution in [0.25, 0.3) is 0 Å². The standard InChI is InChI=1S/C13H13BrF3N5OS/c1-21(6-8-4-2-3-5-9(8)14)10(23)7-24-12-20-19-11(22(12)18)13(15,16)17/h2-5H,6-7,18H2,1H3. The van der Waals surface area contributed by atoms with Gasteiger partial charge in [0, 0.05) is 18.1 Å². The van der Waals surface area contributed by atoms with Crippen molar-refractivity contribution in [2.75, 3.05) is 18.6 Å². The molecule has 2 rings (SSSR count). The fraction of sp³-hybridized carbons (Fsp3) is 0.308. The number of aromatic nitrogens is 3. The number of hydrogen-bond acceptors (Lipinski definition) is 5. The average Bonchev–Trinajstić information content (AvgIpc) is 2.88. The Bertz CT molecular complexity index is 737. The van der Waals surface area contributed by atoms with Crippen molar-refractivity contribution in [1.29, 1.82) is 0 Å². The molecule has 2 N–H and O–H groups in total. The first-order chi connectivity index (χ1) is 11.2. The smallest absolute Gasteiger partial charge is 0.341 e. The summed E-state index contributed by atoms with van der Waals surface area (Å²) in [6.45, 7) is 0.365. The summed E-state index contributed by atoms with van der Waals surface area (Å²) >= 11 is 4.19. The van der Waals surface area contributed by atoms with Crippen molar-refractivity contribution in [2.24, 2.45) is 0 Å². The van der Waals surface area contributed by atoms with Crippen molar-refractivity contribution in [1.82, 2.24) is 19.8 Å². The van der Waals surface area contributed by atoms with Gasteiger partial charge in [0.2, 0.25) is 11.1 Å². The molecule has 1 aromatic carbocycles. The normalized spacial score (nSPS) is 11.5. The van der Waals surface area contributed by atoms with E-state index in [0.717, 1.165) is 21.8 Å². The molecule has 6 nitrogen and oxygen atoms in total. The SMILES string of the molecule is CN(Cc1ccccc1Br)C(=O)CSc1nnc(C(F)(F)F)n1N. The summed E-state index contributed by atoms with van der Waals surface area (Å²) in [5.74, 6) is 3.63. The Morgan fingerprint density at radius 1 is 1.38 bits per heavy atom. The van der Waals surface area contributed by atoms with Gasteiger partial charge in [0.15, 0.2) is 0 Å². The minimum absolute atomic E-state index is 0.103. The average molecular weight is 424 g/mol. The van der Waals surface area contributed by atoms with E-state index in [1.54, 1.807) is 7.05 Å². The number of thioether (sulfide) groups is 1. The lowest BCUT2D eigenvalue weighted by Gasteiger charge is -2.17. The predicted octanol–water partition coefficient (Wildman–Crippen LogP) is 2.52. The van der Waals surface area contributed by atoms with Gasteiger partial charge in [-0.1, -0.05) is 45.9 Å². The Kier molecular flexibility index (Phi) is 5.75. The third-order valence-corrected chi connectivity index (χ3v) is 4.74. The first-order valence-electron chi connectivity index (χ1n) is 6.58. The molecule has 1 heterocycles. The molecule has 0 saturated carbocycles. The summed E-state index contributed by atoms with van der Waals surface area (Å²) in [6.07, 6.45) is -4.69. The van der Waals surface area contributed by atoms with Crippen LogP contribution in [0, 0.1) is 0 Å². The Hall–Kier alpha value is -1.75. The van der Waals surface area contributed by atoms with E-state index < -0.39 is 12.0 Å². The van der Waals surface area contributed by atoms with Crippen molar-refractivity contribution in [3.8, 4) is 0 Å². The van der Waals surface area contributed by atoms with E-state index in [9.17, 15) is 18.0 Å².